The standard InChI is InChI=1S/C16H24N2O3S/c1-11-7-12(2)10-18(9-11)16(19)17-15-8-14(22(4,20)21)6-5-13(15)3/h5-6,8,11-12H,7,9-10H2,1-4H3,(H,17,19)/t11-,12-/m1/s1. The van der Waals surface area contributed by atoms with Crippen LogP contribution in [0, 0.1) is 18.8 Å². The lowest BCUT2D eigenvalue weighted by Gasteiger charge is -2.35. The molecule has 2 rings (SSSR count). The van der Waals surface area contributed by atoms with Crippen LogP contribution in [-0.2, 0) is 9.84 Å². The van der Waals surface area contributed by atoms with Crippen LogP contribution < -0.4 is 5.32 Å². The molecule has 2 amide bonds. The quantitative estimate of drug-likeness (QED) is 0.909. The van der Waals surface area contributed by atoms with Crippen molar-refractivity contribution >= 4 is 21.6 Å². The van der Waals surface area contributed by atoms with Crippen LogP contribution in [0.15, 0.2) is 23.1 Å². The van der Waals surface area contributed by atoms with E-state index >= 15 is 0 Å². The summed E-state index contributed by atoms with van der Waals surface area (Å²) in [6.07, 6.45) is 2.30. The SMILES string of the molecule is Cc1ccc(S(C)(=O)=O)cc1NC(=O)N1C[C@H](C)C[C@@H](C)C1. The summed E-state index contributed by atoms with van der Waals surface area (Å²) in [5.74, 6) is 0.968. The largest absolute Gasteiger partial charge is 0.324 e. The second kappa shape index (κ2) is 6.28. The van der Waals surface area contributed by atoms with Crippen molar-refractivity contribution in [2.45, 2.75) is 32.1 Å². The highest BCUT2D eigenvalue weighted by Crippen LogP contribution is 2.24. The fourth-order valence-corrected chi connectivity index (χ4v) is 3.64. The Kier molecular flexibility index (Phi) is 4.80. The molecule has 1 heterocycles. The van der Waals surface area contributed by atoms with E-state index < -0.39 is 9.84 Å². The fraction of sp³-hybridized carbons (Fsp3) is 0.562. The van der Waals surface area contributed by atoms with Crippen molar-refractivity contribution in [2.24, 2.45) is 11.8 Å². The van der Waals surface area contributed by atoms with Gasteiger partial charge in [0.2, 0.25) is 0 Å². The van der Waals surface area contributed by atoms with Crippen molar-refractivity contribution in [1.29, 1.82) is 0 Å². The number of amides is 2. The predicted molar refractivity (Wildman–Crippen MR) is 87.8 cm³/mol. The molecule has 1 aliphatic rings. The fourth-order valence-electron chi connectivity index (χ4n) is 2.99. The van der Waals surface area contributed by atoms with Crippen molar-refractivity contribution < 1.29 is 13.2 Å². The van der Waals surface area contributed by atoms with E-state index in [4.69, 9.17) is 0 Å². The summed E-state index contributed by atoms with van der Waals surface area (Å²) in [6, 6.07) is 4.64. The molecule has 0 aromatic heterocycles. The van der Waals surface area contributed by atoms with Crippen molar-refractivity contribution in [3.8, 4) is 0 Å². The smallest absolute Gasteiger partial charge is 0.321 e. The molecule has 22 heavy (non-hydrogen) atoms. The van der Waals surface area contributed by atoms with Crippen LogP contribution in [0.1, 0.15) is 25.8 Å². The lowest BCUT2D eigenvalue weighted by Crippen LogP contribution is -2.44. The van der Waals surface area contributed by atoms with Gasteiger partial charge in [-0.1, -0.05) is 19.9 Å². The van der Waals surface area contributed by atoms with Crippen LogP contribution in [0.25, 0.3) is 0 Å². The van der Waals surface area contributed by atoms with Gasteiger partial charge >= 0.3 is 6.03 Å². The first-order valence-corrected chi connectivity index (χ1v) is 9.42. The zero-order valence-electron chi connectivity index (χ0n) is 13.6. The maximum atomic E-state index is 12.4. The molecule has 1 aliphatic heterocycles. The number of carbonyl (C=O) groups excluding carboxylic acids is 1. The number of likely N-dealkylation sites (tertiary alicyclic amines) is 1. The summed E-state index contributed by atoms with van der Waals surface area (Å²) < 4.78 is 23.3. The van der Waals surface area contributed by atoms with Crippen molar-refractivity contribution in [3.63, 3.8) is 0 Å². The Morgan fingerprint density at radius 3 is 2.36 bits per heavy atom. The first kappa shape index (κ1) is 16.8. The molecular formula is C16H24N2O3S. The Labute approximate surface area is 132 Å². The van der Waals surface area contributed by atoms with Crippen LogP contribution >= 0.6 is 0 Å². The van der Waals surface area contributed by atoms with E-state index in [1.165, 1.54) is 6.07 Å². The zero-order chi connectivity index (χ0) is 16.5. The molecule has 6 heteroatoms. The maximum absolute atomic E-state index is 12.4. The summed E-state index contributed by atoms with van der Waals surface area (Å²) in [4.78, 5) is 14.5. The van der Waals surface area contributed by atoms with Crippen LogP contribution in [0.3, 0.4) is 0 Å². The number of benzene rings is 1. The average Bonchev–Trinajstić information content (AvgIpc) is 2.38. The molecule has 122 valence electrons. The number of nitrogens with zero attached hydrogens (tertiary/aromatic N) is 1. The van der Waals surface area contributed by atoms with Gasteiger partial charge < -0.3 is 10.2 Å². The van der Waals surface area contributed by atoms with E-state index in [0.717, 1.165) is 31.3 Å². The van der Waals surface area contributed by atoms with Gasteiger partial charge in [0.1, 0.15) is 0 Å². The zero-order valence-corrected chi connectivity index (χ0v) is 14.4. The molecule has 1 N–H and O–H groups in total. The summed E-state index contributed by atoms with van der Waals surface area (Å²) in [7, 11) is -3.29. The van der Waals surface area contributed by atoms with E-state index in [0.29, 0.717) is 17.5 Å². The molecule has 1 aromatic carbocycles. The van der Waals surface area contributed by atoms with E-state index in [9.17, 15) is 13.2 Å². The highest BCUT2D eigenvalue weighted by atomic mass is 32.2. The number of nitrogens with one attached hydrogen (secondary N) is 1. The minimum atomic E-state index is -3.29. The molecule has 5 nitrogen and oxygen atoms in total. The van der Waals surface area contributed by atoms with Gasteiger partial charge in [-0.05, 0) is 42.9 Å². The lowest BCUT2D eigenvalue weighted by molar-refractivity contribution is 0.156. The van der Waals surface area contributed by atoms with Gasteiger partial charge in [0.25, 0.3) is 0 Å². The Morgan fingerprint density at radius 1 is 1.23 bits per heavy atom. The second-order valence-corrected chi connectivity index (χ2v) is 8.55. The molecule has 0 spiro atoms. The topological polar surface area (TPSA) is 66.5 Å². The Balaban J connectivity index is 2.18. The van der Waals surface area contributed by atoms with Crippen LogP contribution in [0.2, 0.25) is 0 Å². The average molecular weight is 324 g/mol. The summed E-state index contributed by atoms with van der Waals surface area (Å²) >= 11 is 0. The number of rotatable bonds is 2. The Hall–Kier alpha value is -1.56. The molecule has 0 aliphatic carbocycles. The third kappa shape index (κ3) is 4.00. The number of piperidine rings is 1. The number of carbonyl (C=O) groups is 1. The van der Waals surface area contributed by atoms with Crippen LogP contribution in [-0.4, -0.2) is 38.7 Å². The molecule has 0 saturated carbocycles. The molecule has 1 fully saturated rings. The van der Waals surface area contributed by atoms with Gasteiger partial charge in [-0.2, -0.15) is 0 Å². The molecule has 1 saturated heterocycles. The van der Waals surface area contributed by atoms with Gasteiger partial charge in [0.05, 0.1) is 4.90 Å². The molecule has 0 radical (unpaired) electrons. The molecule has 0 unspecified atom stereocenters. The minimum absolute atomic E-state index is 0.160. The van der Waals surface area contributed by atoms with Gasteiger partial charge in [-0.15, -0.1) is 0 Å². The molecule has 1 aromatic rings. The van der Waals surface area contributed by atoms with E-state index in [2.05, 4.69) is 19.2 Å². The summed E-state index contributed by atoms with van der Waals surface area (Å²) in [5, 5.41) is 2.86. The second-order valence-electron chi connectivity index (χ2n) is 6.53. The predicted octanol–water partition coefficient (Wildman–Crippen LogP) is 2.91. The number of urea groups is 1. The van der Waals surface area contributed by atoms with Crippen LogP contribution in [0.5, 0.6) is 0 Å². The highest BCUT2D eigenvalue weighted by molar-refractivity contribution is 7.90. The van der Waals surface area contributed by atoms with Gasteiger partial charge in [-0.3, -0.25) is 0 Å². The maximum Gasteiger partial charge on any atom is 0.321 e. The number of hydrogen-bond acceptors (Lipinski definition) is 3. The molecular weight excluding hydrogens is 300 g/mol. The number of sulfone groups is 1. The minimum Gasteiger partial charge on any atom is -0.324 e. The van der Waals surface area contributed by atoms with Gasteiger partial charge in [0.15, 0.2) is 9.84 Å². The van der Waals surface area contributed by atoms with Crippen molar-refractivity contribution in [3.05, 3.63) is 23.8 Å². The van der Waals surface area contributed by atoms with Crippen LogP contribution in [0.4, 0.5) is 10.5 Å². The van der Waals surface area contributed by atoms with E-state index in [1.807, 2.05) is 11.8 Å². The Bertz CT molecular complexity index is 660. The number of aryl methyl sites for hydroxylation is 1. The van der Waals surface area contributed by atoms with Gasteiger partial charge in [0, 0.05) is 25.0 Å². The lowest BCUT2D eigenvalue weighted by atomic mass is 9.92. The third-order valence-corrected chi connectivity index (χ3v) is 5.15. The van der Waals surface area contributed by atoms with Crippen molar-refractivity contribution in [2.75, 3.05) is 24.7 Å². The molecule has 0 bridgehead atoms. The first-order valence-electron chi connectivity index (χ1n) is 7.53. The monoisotopic (exact) mass is 324 g/mol. The highest BCUT2D eigenvalue weighted by Gasteiger charge is 2.25. The summed E-state index contributed by atoms with van der Waals surface area (Å²) in [6.45, 7) is 7.61. The third-order valence-electron chi connectivity index (χ3n) is 4.03. The summed E-state index contributed by atoms with van der Waals surface area (Å²) in [5.41, 5.74) is 1.40. The first-order chi connectivity index (χ1) is 10.2. The number of hydrogen-bond donors (Lipinski definition) is 1. The van der Waals surface area contributed by atoms with Gasteiger partial charge in [-0.25, -0.2) is 13.2 Å². The number of anilines is 1. The molecule has 2 atom stereocenters. The van der Waals surface area contributed by atoms with E-state index in [1.54, 1.807) is 12.1 Å². The Morgan fingerprint density at radius 2 is 1.82 bits per heavy atom. The van der Waals surface area contributed by atoms with E-state index in [-0.39, 0.29) is 10.9 Å². The van der Waals surface area contributed by atoms with Crippen molar-refractivity contribution in [1.82, 2.24) is 4.90 Å². The normalized spacial score (nSPS) is 22.5.